The first-order valence-corrected chi connectivity index (χ1v) is 6.83. The second-order valence-corrected chi connectivity index (χ2v) is 5.35. The summed E-state index contributed by atoms with van der Waals surface area (Å²) in [6.45, 7) is 6.58. The highest BCUT2D eigenvalue weighted by molar-refractivity contribution is 5.91. The fourth-order valence-corrected chi connectivity index (χ4v) is 1.53. The van der Waals surface area contributed by atoms with E-state index in [9.17, 15) is 9.18 Å². The highest BCUT2D eigenvalue weighted by Gasteiger charge is 2.15. The number of hydrogen-bond acceptors (Lipinski definition) is 3. The Labute approximate surface area is 119 Å². The van der Waals surface area contributed by atoms with Crippen molar-refractivity contribution >= 4 is 17.3 Å². The molecule has 0 spiro atoms. The zero-order valence-electron chi connectivity index (χ0n) is 12.3. The summed E-state index contributed by atoms with van der Waals surface area (Å²) in [4.78, 5) is 11.7. The molecule has 1 aromatic carbocycles. The molecule has 0 saturated heterocycles. The third kappa shape index (κ3) is 5.57. The quantitative estimate of drug-likeness (QED) is 0.595. The van der Waals surface area contributed by atoms with Crippen LogP contribution in [0.2, 0.25) is 0 Å². The molecule has 1 aromatic rings. The van der Waals surface area contributed by atoms with Crippen molar-refractivity contribution in [2.24, 2.45) is 0 Å². The van der Waals surface area contributed by atoms with Gasteiger partial charge in [0.05, 0.1) is 11.3 Å². The molecule has 1 rings (SSSR count). The Bertz CT molecular complexity index is 461. The second kappa shape index (κ2) is 7.24. The monoisotopic (exact) mass is 282 g/mol. The van der Waals surface area contributed by atoms with Crippen LogP contribution >= 0.6 is 0 Å². The molecule has 20 heavy (non-hydrogen) atoms. The first-order valence-electron chi connectivity index (χ1n) is 6.83. The lowest BCUT2D eigenvalue weighted by Gasteiger charge is -2.23. The zero-order valence-corrected chi connectivity index (χ0v) is 12.3. The fraction of sp³-hybridized carbons (Fsp3) is 0.533. The molecule has 0 atom stereocenters. The van der Waals surface area contributed by atoms with Gasteiger partial charge in [-0.05, 0) is 44.9 Å². The molecule has 1 amide bonds. The summed E-state index contributed by atoms with van der Waals surface area (Å²) in [5.74, 6) is -0.733. The average Bonchev–Trinajstić information content (AvgIpc) is 2.39. The van der Waals surface area contributed by atoms with Crippen molar-refractivity contribution in [3.8, 4) is 0 Å². The molecule has 5 heteroatoms. The number of amides is 1. The topological polar surface area (TPSA) is 64.3 Å². The van der Waals surface area contributed by atoms with Crippen molar-refractivity contribution in [3.63, 3.8) is 0 Å². The van der Waals surface area contributed by atoms with Crippen LogP contribution in [-0.2, 0) is 9.53 Å². The van der Waals surface area contributed by atoms with Gasteiger partial charge in [-0.3, -0.25) is 4.79 Å². The van der Waals surface area contributed by atoms with Crippen molar-refractivity contribution in [1.82, 2.24) is 0 Å². The molecule has 0 saturated carbocycles. The lowest BCUT2D eigenvalue weighted by Crippen LogP contribution is -2.24. The van der Waals surface area contributed by atoms with Crippen molar-refractivity contribution in [2.75, 3.05) is 17.7 Å². The van der Waals surface area contributed by atoms with Gasteiger partial charge in [-0.15, -0.1) is 0 Å². The van der Waals surface area contributed by atoms with Gasteiger partial charge in [-0.1, -0.05) is 6.92 Å². The number of nitrogens with one attached hydrogen (secondary N) is 1. The smallest absolute Gasteiger partial charge is 0.224 e. The molecule has 0 fully saturated rings. The average molecular weight is 282 g/mol. The third-order valence-electron chi connectivity index (χ3n) is 3.16. The van der Waals surface area contributed by atoms with Gasteiger partial charge in [0.15, 0.2) is 0 Å². The van der Waals surface area contributed by atoms with E-state index in [1.165, 1.54) is 18.2 Å². The zero-order chi connectivity index (χ0) is 15.2. The molecule has 0 radical (unpaired) electrons. The third-order valence-corrected chi connectivity index (χ3v) is 3.16. The highest BCUT2D eigenvalue weighted by atomic mass is 19.1. The largest absolute Gasteiger partial charge is 0.399 e. The number of rotatable bonds is 7. The van der Waals surface area contributed by atoms with E-state index in [0.717, 1.165) is 6.42 Å². The molecule has 0 aliphatic carbocycles. The lowest BCUT2D eigenvalue weighted by atomic mass is 10.1. The maximum absolute atomic E-state index is 13.4. The number of halogens is 1. The molecule has 0 bridgehead atoms. The van der Waals surface area contributed by atoms with Crippen LogP contribution in [-0.4, -0.2) is 18.1 Å². The van der Waals surface area contributed by atoms with Gasteiger partial charge in [-0.2, -0.15) is 0 Å². The molecule has 3 N–H and O–H groups in total. The van der Waals surface area contributed by atoms with Crippen LogP contribution in [0, 0.1) is 5.82 Å². The van der Waals surface area contributed by atoms with E-state index >= 15 is 0 Å². The Balaban J connectivity index is 2.36. The number of ether oxygens (including phenoxy) is 1. The molecular weight excluding hydrogens is 259 g/mol. The van der Waals surface area contributed by atoms with Gasteiger partial charge in [0.25, 0.3) is 0 Å². The molecule has 112 valence electrons. The molecule has 0 unspecified atom stereocenters. The van der Waals surface area contributed by atoms with Crippen LogP contribution in [0.15, 0.2) is 18.2 Å². The van der Waals surface area contributed by atoms with Crippen LogP contribution < -0.4 is 11.1 Å². The Kier molecular flexibility index (Phi) is 5.95. The van der Waals surface area contributed by atoms with E-state index < -0.39 is 5.82 Å². The highest BCUT2D eigenvalue weighted by Crippen LogP contribution is 2.18. The predicted molar refractivity (Wildman–Crippen MR) is 79.0 cm³/mol. The Hall–Kier alpha value is -1.62. The van der Waals surface area contributed by atoms with Crippen molar-refractivity contribution in [2.45, 2.75) is 45.6 Å². The van der Waals surface area contributed by atoms with Gasteiger partial charge < -0.3 is 15.8 Å². The van der Waals surface area contributed by atoms with Crippen molar-refractivity contribution in [1.29, 1.82) is 0 Å². The minimum atomic E-state index is -0.490. The summed E-state index contributed by atoms with van der Waals surface area (Å²) in [7, 11) is 0. The summed E-state index contributed by atoms with van der Waals surface area (Å²) in [5, 5.41) is 2.51. The SMILES string of the molecule is CCC(C)(C)OCCCC(=O)Nc1cc(N)ccc1F. The Morgan fingerprint density at radius 2 is 2.15 bits per heavy atom. The number of nitrogens with two attached hydrogens (primary N) is 1. The molecule has 0 heterocycles. The number of anilines is 2. The van der Waals surface area contributed by atoms with Gasteiger partial charge in [0.1, 0.15) is 5.82 Å². The molecule has 4 nitrogen and oxygen atoms in total. The van der Waals surface area contributed by atoms with Crippen LogP contribution in [0.3, 0.4) is 0 Å². The summed E-state index contributed by atoms with van der Waals surface area (Å²) in [5.41, 5.74) is 5.91. The molecule has 0 aromatic heterocycles. The van der Waals surface area contributed by atoms with Crippen LogP contribution in [0.4, 0.5) is 15.8 Å². The minimum Gasteiger partial charge on any atom is -0.399 e. The van der Waals surface area contributed by atoms with Crippen molar-refractivity contribution < 1.29 is 13.9 Å². The van der Waals surface area contributed by atoms with Crippen LogP contribution in [0.25, 0.3) is 0 Å². The predicted octanol–water partition coefficient (Wildman–Crippen LogP) is 3.33. The van der Waals surface area contributed by atoms with Crippen molar-refractivity contribution in [3.05, 3.63) is 24.0 Å². The van der Waals surface area contributed by atoms with E-state index in [1.54, 1.807) is 0 Å². The summed E-state index contributed by atoms with van der Waals surface area (Å²) >= 11 is 0. The maximum atomic E-state index is 13.4. The van der Waals surface area contributed by atoms with E-state index in [1.807, 2.05) is 13.8 Å². The number of hydrogen-bond donors (Lipinski definition) is 2. The standard InChI is InChI=1S/C15H23FN2O2/c1-4-15(2,3)20-9-5-6-14(19)18-13-10-11(17)7-8-12(13)16/h7-8,10H,4-6,9,17H2,1-3H3,(H,18,19). The normalized spacial score (nSPS) is 11.4. The van der Waals surface area contributed by atoms with Crippen LogP contribution in [0.1, 0.15) is 40.0 Å². The van der Waals surface area contributed by atoms with E-state index in [0.29, 0.717) is 18.7 Å². The summed E-state index contributed by atoms with van der Waals surface area (Å²) < 4.78 is 19.1. The summed E-state index contributed by atoms with van der Waals surface area (Å²) in [6, 6.07) is 4.09. The molecule has 0 aliphatic rings. The van der Waals surface area contributed by atoms with E-state index in [4.69, 9.17) is 10.5 Å². The minimum absolute atomic E-state index is 0.116. The van der Waals surface area contributed by atoms with Gasteiger partial charge in [0, 0.05) is 18.7 Å². The van der Waals surface area contributed by atoms with Gasteiger partial charge >= 0.3 is 0 Å². The first kappa shape index (κ1) is 16.4. The maximum Gasteiger partial charge on any atom is 0.224 e. The lowest BCUT2D eigenvalue weighted by molar-refractivity contribution is -0.117. The number of carbonyl (C=O) groups is 1. The Morgan fingerprint density at radius 3 is 2.80 bits per heavy atom. The Morgan fingerprint density at radius 1 is 1.45 bits per heavy atom. The molecular formula is C15H23FN2O2. The molecule has 0 aliphatic heterocycles. The number of carbonyl (C=O) groups excluding carboxylic acids is 1. The van der Waals surface area contributed by atoms with Gasteiger partial charge in [-0.25, -0.2) is 4.39 Å². The first-order chi connectivity index (χ1) is 9.34. The number of benzene rings is 1. The summed E-state index contributed by atoms with van der Waals surface area (Å²) in [6.07, 6.45) is 1.79. The van der Waals surface area contributed by atoms with Gasteiger partial charge in [0.2, 0.25) is 5.91 Å². The second-order valence-electron chi connectivity index (χ2n) is 5.35. The fourth-order valence-electron chi connectivity index (χ4n) is 1.53. The van der Waals surface area contributed by atoms with Crippen LogP contribution in [0.5, 0.6) is 0 Å². The van der Waals surface area contributed by atoms with E-state index in [-0.39, 0.29) is 23.6 Å². The van der Waals surface area contributed by atoms with E-state index in [2.05, 4.69) is 12.2 Å². The number of nitrogen functional groups attached to an aromatic ring is 1.